The van der Waals surface area contributed by atoms with Crippen LogP contribution in [0.4, 0.5) is 0 Å². The minimum Gasteiger partial charge on any atom is -0.479 e. The fraction of sp³-hybridized carbons (Fsp3) is 0.846. The molecule has 0 radical (unpaired) electrons. The van der Waals surface area contributed by atoms with Crippen molar-refractivity contribution in [2.75, 3.05) is 19.7 Å². The highest BCUT2D eigenvalue weighted by atomic mass is 16.5. The second-order valence-electron chi connectivity index (χ2n) is 5.93. The third-order valence-electron chi connectivity index (χ3n) is 3.13. The molecule has 104 valence electrons. The van der Waals surface area contributed by atoms with Crippen molar-refractivity contribution in [3.8, 4) is 0 Å². The Hall–Kier alpha value is -1.10. The van der Waals surface area contributed by atoms with Gasteiger partial charge >= 0.3 is 5.97 Å². The molecule has 5 nitrogen and oxygen atoms in total. The number of morpholine rings is 1. The smallest absolute Gasteiger partial charge is 0.334 e. The van der Waals surface area contributed by atoms with Crippen LogP contribution in [-0.4, -0.2) is 47.7 Å². The van der Waals surface area contributed by atoms with Gasteiger partial charge in [0.15, 0.2) is 6.10 Å². The molecule has 1 aliphatic rings. The van der Waals surface area contributed by atoms with E-state index < -0.39 is 17.5 Å². The molecule has 1 fully saturated rings. The van der Waals surface area contributed by atoms with Crippen molar-refractivity contribution in [2.45, 2.75) is 40.2 Å². The molecule has 0 aromatic carbocycles. The van der Waals surface area contributed by atoms with Crippen LogP contribution < -0.4 is 0 Å². The van der Waals surface area contributed by atoms with Crippen molar-refractivity contribution in [2.24, 2.45) is 11.3 Å². The van der Waals surface area contributed by atoms with Gasteiger partial charge in [0.2, 0.25) is 5.91 Å². The highest BCUT2D eigenvalue weighted by molar-refractivity contribution is 5.83. The molecule has 1 heterocycles. The lowest BCUT2D eigenvalue weighted by Gasteiger charge is -2.37. The van der Waals surface area contributed by atoms with Crippen LogP contribution in [0.5, 0.6) is 0 Å². The predicted octanol–water partition coefficient (Wildman–Crippen LogP) is 1.37. The van der Waals surface area contributed by atoms with Gasteiger partial charge in [-0.3, -0.25) is 4.79 Å². The number of carboxylic acid groups (broad SMARTS) is 1. The molecule has 5 heteroatoms. The van der Waals surface area contributed by atoms with Gasteiger partial charge in [-0.05, 0) is 12.3 Å². The van der Waals surface area contributed by atoms with Crippen LogP contribution >= 0.6 is 0 Å². The lowest BCUT2D eigenvalue weighted by Crippen LogP contribution is -2.52. The van der Waals surface area contributed by atoms with Crippen molar-refractivity contribution >= 4 is 11.9 Å². The molecule has 1 N–H and O–H groups in total. The molecule has 0 bridgehead atoms. The number of carboxylic acids is 1. The van der Waals surface area contributed by atoms with Crippen LogP contribution in [0.1, 0.15) is 34.1 Å². The Kier molecular flexibility index (Phi) is 4.73. The van der Waals surface area contributed by atoms with E-state index in [1.807, 2.05) is 13.8 Å². The fourth-order valence-corrected chi connectivity index (χ4v) is 2.52. The number of hydrogen-bond donors (Lipinski definition) is 1. The molecule has 0 aromatic heterocycles. The zero-order valence-electron chi connectivity index (χ0n) is 11.6. The molecule has 0 aliphatic carbocycles. The summed E-state index contributed by atoms with van der Waals surface area (Å²) < 4.78 is 5.12. The van der Waals surface area contributed by atoms with Crippen LogP contribution in [0.3, 0.4) is 0 Å². The summed E-state index contributed by atoms with van der Waals surface area (Å²) in [5, 5.41) is 8.92. The SMILES string of the molecule is CC(C)CC(C)(C)C(=O)N1CCO[C@H](C(=O)O)C1. The van der Waals surface area contributed by atoms with Gasteiger partial charge in [0.05, 0.1) is 13.2 Å². The number of nitrogens with zero attached hydrogens (tertiary/aromatic N) is 1. The maximum absolute atomic E-state index is 12.4. The van der Waals surface area contributed by atoms with Gasteiger partial charge in [-0.1, -0.05) is 27.7 Å². The van der Waals surface area contributed by atoms with Crippen molar-refractivity contribution in [3.63, 3.8) is 0 Å². The quantitative estimate of drug-likeness (QED) is 0.826. The summed E-state index contributed by atoms with van der Waals surface area (Å²) in [6.07, 6.45) is -0.0986. The topological polar surface area (TPSA) is 66.8 Å². The molecule has 0 aromatic rings. The van der Waals surface area contributed by atoms with E-state index in [9.17, 15) is 9.59 Å². The number of rotatable bonds is 4. The first-order chi connectivity index (χ1) is 8.24. The molecule has 1 aliphatic heterocycles. The lowest BCUT2D eigenvalue weighted by molar-refractivity contribution is -0.162. The molecule has 18 heavy (non-hydrogen) atoms. The summed E-state index contributed by atoms with van der Waals surface area (Å²) in [6.45, 7) is 8.91. The van der Waals surface area contributed by atoms with Crippen molar-refractivity contribution in [3.05, 3.63) is 0 Å². The van der Waals surface area contributed by atoms with E-state index in [0.29, 0.717) is 19.1 Å². The van der Waals surface area contributed by atoms with Gasteiger partial charge in [-0.25, -0.2) is 4.79 Å². The first-order valence-electron chi connectivity index (χ1n) is 6.38. The Morgan fingerprint density at radius 1 is 1.44 bits per heavy atom. The molecular weight excluding hydrogens is 234 g/mol. The molecule has 0 spiro atoms. The van der Waals surface area contributed by atoms with Gasteiger partial charge in [0, 0.05) is 12.0 Å². The second-order valence-corrected chi connectivity index (χ2v) is 5.93. The Balaban J connectivity index is 2.68. The van der Waals surface area contributed by atoms with E-state index in [4.69, 9.17) is 9.84 Å². The highest BCUT2D eigenvalue weighted by Gasteiger charge is 2.36. The first kappa shape index (κ1) is 15.0. The fourth-order valence-electron chi connectivity index (χ4n) is 2.52. The second kappa shape index (κ2) is 5.69. The summed E-state index contributed by atoms with van der Waals surface area (Å²) in [6, 6.07) is 0. The summed E-state index contributed by atoms with van der Waals surface area (Å²) in [5.74, 6) is -0.555. The average molecular weight is 257 g/mol. The van der Waals surface area contributed by atoms with Crippen LogP contribution in [0.2, 0.25) is 0 Å². The summed E-state index contributed by atoms with van der Waals surface area (Å²) >= 11 is 0. The normalized spacial score (nSPS) is 21.2. The van der Waals surface area contributed by atoms with E-state index in [1.54, 1.807) is 4.90 Å². The molecule has 1 amide bonds. The predicted molar refractivity (Wildman–Crippen MR) is 67.2 cm³/mol. The Morgan fingerprint density at radius 3 is 2.56 bits per heavy atom. The molecular formula is C13H23NO4. The lowest BCUT2D eigenvalue weighted by atomic mass is 9.82. The summed E-state index contributed by atoms with van der Waals surface area (Å²) in [4.78, 5) is 24.9. The number of carbonyl (C=O) groups excluding carboxylic acids is 1. The maximum Gasteiger partial charge on any atom is 0.334 e. The van der Waals surface area contributed by atoms with Crippen LogP contribution in [0.25, 0.3) is 0 Å². The van der Waals surface area contributed by atoms with E-state index in [1.165, 1.54) is 0 Å². The third kappa shape index (κ3) is 3.70. The maximum atomic E-state index is 12.4. The van der Waals surface area contributed by atoms with Crippen LogP contribution in [0.15, 0.2) is 0 Å². The van der Waals surface area contributed by atoms with E-state index in [0.717, 1.165) is 6.42 Å². The Bertz CT molecular complexity index is 325. The largest absolute Gasteiger partial charge is 0.479 e. The number of hydrogen-bond acceptors (Lipinski definition) is 3. The van der Waals surface area contributed by atoms with E-state index in [-0.39, 0.29) is 12.5 Å². The van der Waals surface area contributed by atoms with Gasteiger partial charge in [0.1, 0.15) is 0 Å². The zero-order valence-corrected chi connectivity index (χ0v) is 11.6. The average Bonchev–Trinajstić information content (AvgIpc) is 2.26. The number of aliphatic carboxylic acids is 1. The third-order valence-corrected chi connectivity index (χ3v) is 3.13. The Labute approximate surface area is 108 Å². The summed E-state index contributed by atoms with van der Waals surface area (Å²) in [7, 11) is 0. The Morgan fingerprint density at radius 2 is 2.06 bits per heavy atom. The first-order valence-corrected chi connectivity index (χ1v) is 6.38. The van der Waals surface area contributed by atoms with Crippen LogP contribution in [0, 0.1) is 11.3 Å². The van der Waals surface area contributed by atoms with E-state index >= 15 is 0 Å². The highest BCUT2D eigenvalue weighted by Crippen LogP contribution is 2.28. The summed E-state index contributed by atoms with van der Waals surface area (Å²) in [5.41, 5.74) is -0.450. The number of ether oxygens (including phenoxy) is 1. The molecule has 0 unspecified atom stereocenters. The van der Waals surface area contributed by atoms with Gasteiger partial charge in [-0.2, -0.15) is 0 Å². The monoisotopic (exact) mass is 257 g/mol. The van der Waals surface area contributed by atoms with Gasteiger partial charge in [-0.15, -0.1) is 0 Å². The van der Waals surface area contributed by atoms with Gasteiger partial charge in [0.25, 0.3) is 0 Å². The zero-order chi connectivity index (χ0) is 13.9. The number of carbonyl (C=O) groups is 2. The molecule has 0 saturated carbocycles. The standard InChI is InChI=1S/C13H23NO4/c1-9(2)7-13(3,4)12(17)14-5-6-18-10(8-14)11(15)16/h9-10H,5-8H2,1-4H3,(H,15,16)/t10-/m0/s1. The van der Waals surface area contributed by atoms with Crippen LogP contribution in [-0.2, 0) is 14.3 Å². The van der Waals surface area contributed by atoms with E-state index in [2.05, 4.69) is 13.8 Å². The van der Waals surface area contributed by atoms with Crippen molar-refractivity contribution < 1.29 is 19.4 Å². The number of amides is 1. The molecule has 1 saturated heterocycles. The molecule has 1 atom stereocenters. The molecule has 1 rings (SSSR count). The van der Waals surface area contributed by atoms with Crippen molar-refractivity contribution in [1.29, 1.82) is 0 Å². The minimum atomic E-state index is -1.01. The minimum absolute atomic E-state index is 0.0192. The van der Waals surface area contributed by atoms with Gasteiger partial charge < -0.3 is 14.7 Å². The van der Waals surface area contributed by atoms with Crippen molar-refractivity contribution in [1.82, 2.24) is 4.90 Å².